The summed E-state index contributed by atoms with van der Waals surface area (Å²) in [5, 5.41) is 2.66. The molecule has 0 spiro atoms. The summed E-state index contributed by atoms with van der Waals surface area (Å²) in [7, 11) is -3.71. The van der Waals surface area contributed by atoms with Crippen LogP contribution in [0.2, 0.25) is 0 Å². The molecule has 0 heterocycles. The molecule has 2 N–H and O–H groups in total. The van der Waals surface area contributed by atoms with Crippen LogP contribution in [-0.2, 0) is 16.6 Å². The number of carbonyl (C=O) groups is 1. The first-order valence-corrected chi connectivity index (χ1v) is 10.1. The number of benzene rings is 3. The maximum absolute atomic E-state index is 13.6. The minimum absolute atomic E-state index is 0.0624. The number of anilines is 1. The van der Waals surface area contributed by atoms with Crippen LogP contribution in [0.25, 0.3) is 0 Å². The van der Waals surface area contributed by atoms with Gasteiger partial charge in [-0.15, -0.1) is 0 Å². The summed E-state index contributed by atoms with van der Waals surface area (Å²) in [6.45, 7) is 1.77. The highest BCUT2D eigenvalue weighted by Crippen LogP contribution is 2.21. The van der Waals surface area contributed by atoms with Crippen molar-refractivity contribution in [1.82, 2.24) is 5.32 Å². The van der Waals surface area contributed by atoms with Gasteiger partial charge in [-0.1, -0.05) is 36.4 Å². The van der Waals surface area contributed by atoms with Crippen LogP contribution in [0, 0.1) is 12.7 Å². The topological polar surface area (TPSA) is 75.3 Å². The van der Waals surface area contributed by atoms with Gasteiger partial charge >= 0.3 is 0 Å². The van der Waals surface area contributed by atoms with Gasteiger partial charge in [0.2, 0.25) is 0 Å². The molecule has 7 heteroatoms. The molecule has 0 aliphatic carbocycles. The lowest BCUT2D eigenvalue weighted by Crippen LogP contribution is -2.23. The predicted octanol–water partition coefficient (Wildman–Crippen LogP) is 3.86. The average molecular weight is 398 g/mol. The monoisotopic (exact) mass is 398 g/mol. The lowest BCUT2D eigenvalue weighted by Gasteiger charge is -2.12. The van der Waals surface area contributed by atoms with Gasteiger partial charge < -0.3 is 5.32 Å². The van der Waals surface area contributed by atoms with Crippen molar-refractivity contribution < 1.29 is 17.6 Å². The average Bonchev–Trinajstić information content (AvgIpc) is 2.69. The van der Waals surface area contributed by atoms with Crippen LogP contribution in [-0.4, -0.2) is 14.3 Å². The fraction of sp³-hybridized carbons (Fsp3) is 0.0952. The summed E-state index contributed by atoms with van der Waals surface area (Å²) in [5.41, 5.74) is 1.73. The molecule has 3 aromatic rings. The lowest BCUT2D eigenvalue weighted by atomic mass is 10.1. The molecule has 3 rings (SSSR count). The van der Waals surface area contributed by atoms with Crippen molar-refractivity contribution >= 4 is 21.6 Å². The van der Waals surface area contributed by atoms with Gasteiger partial charge in [-0.2, -0.15) is 0 Å². The zero-order chi connectivity index (χ0) is 20.1. The highest BCUT2D eigenvalue weighted by molar-refractivity contribution is 7.92. The zero-order valence-corrected chi connectivity index (χ0v) is 16.0. The van der Waals surface area contributed by atoms with Crippen LogP contribution < -0.4 is 10.0 Å². The lowest BCUT2D eigenvalue weighted by molar-refractivity contribution is 0.0950. The fourth-order valence-corrected chi connectivity index (χ4v) is 3.79. The Morgan fingerprint density at radius 3 is 2.32 bits per heavy atom. The minimum atomic E-state index is -3.71. The van der Waals surface area contributed by atoms with Crippen molar-refractivity contribution in [2.75, 3.05) is 4.72 Å². The van der Waals surface area contributed by atoms with E-state index in [-0.39, 0.29) is 23.2 Å². The van der Waals surface area contributed by atoms with Crippen molar-refractivity contribution in [2.24, 2.45) is 0 Å². The maximum atomic E-state index is 13.6. The van der Waals surface area contributed by atoms with E-state index in [1.165, 1.54) is 30.3 Å². The molecule has 0 aromatic heterocycles. The third-order valence-electron chi connectivity index (χ3n) is 4.18. The van der Waals surface area contributed by atoms with Crippen LogP contribution >= 0.6 is 0 Å². The van der Waals surface area contributed by atoms with Gasteiger partial charge in [-0.05, 0) is 48.9 Å². The van der Waals surface area contributed by atoms with Gasteiger partial charge in [0.25, 0.3) is 15.9 Å². The normalized spacial score (nSPS) is 11.1. The van der Waals surface area contributed by atoms with Crippen molar-refractivity contribution in [2.45, 2.75) is 18.4 Å². The first-order valence-electron chi connectivity index (χ1n) is 8.57. The van der Waals surface area contributed by atoms with Crippen LogP contribution in [0.5, 0.6) is 0 Å². The standard InChI is InChI=1S/C21H19FN2O3S/c1-15-13-16(21(25)23-14-17-7-5-6-10-19(17)22)11-12-20(15)24-28(26,27)18-8-3-2-4-9-18/h2-13,24H,14H2,1H3,(H,23,25). The molecule has 0 atom stereocenters. The Hall–Kier alpha value is -3.19. The molecule has 0 aliphatic rings. The van der Waals surface area contributed by atoms with E-state index < -0.39 is 10.0 Å². The van der Waals surface area contributed by atoms with Crippen molar-refractivity contribution in [3.63, 3.8) is 0 Å². The SMILES string of the molecule is Cc1cc(C(=O)NCc2ccccc2F)ccc1NS(=O)(=O)c1ccccc1. The smallest absolute Gasteiger partial charge is 0.261 e. The van der Waals surface area contributed by atoms with Gasteiger partial charge in [0.1, 0.15) is 5.82 Å². The van der Waals surface area contributed by atoms with E-state index in [0.717, 1.165) is 0 Å². The molecule has 1 amide bonds. The molecule has 144 valence electrons. The number of aryl methyl sites for hydroxylation is 1. The second-order valence-electron chi connectivity index (χ2n) is 6.22. The van der Waals surface area contributed by atoms with E-state index in [4.69, 9.17) is 0 Å². The van der Waals surface area contributed by atoms with E-state index >= 15 is 0 Å². The van der Waals surface area contributed by atoms with E-state index in [0.29, 0.717) is 22.4 Å². The molecule has 0 bridgehead atoms. The predicted molar refractivity (Wildman–Crippen MR) is 106 cm³/mol. The van der Waals surface area contributed by atoms with Gasteiger partial charge in [0, 0.05) is 17.7 Å². The third-order valence-corrected chi connectivity index (χ3v) is 5.57. The number of nitrogens with one attached hydrogen (secondary N) is 2. The number of amides is 1. The van der Waals surface area contributed by atoms with E-state index in [1.54, 1.807) is 49.4 Å². The Morgan fingerprint density at radius 2 is 1.64 bits per heavy atom. The van der Waals surface area contributed by atoms with Crippen LogP contribution in [0.4, 0.5) is 10.1 Å². The van der Waals surface area contributed by atoms with Gasteiger partial charge in [-0.25, -0.2) is 12.8 Å². The minimum Gasteiger partial charge on any atom is -0.348 e. The summed E-state index contributed by atoms with van der Waals surface area (Å²) >= 11 is 0. The number of hydrogen-bond donors (Lipinski definition) is 2. The first-order chi connectivity index (χ1) is 13.4. The van der Waals surface area contributed by atoms with Crippen LogP contribution in [0.15, 0.2) is 77.7 Å². The van der Waals surface area contributed by atoms with E-state index in [2.05, 4.69) is 10.0 Å². The quantitative estimate of drug-likeness (QED) is 0.662. The summed E-state index contributed by atoms with van der Waals surface area (Å²) in [6.07, 6.45) is 0. The third kappa shape index (κ3) is 4.55. The molecule has 0 radical (unpaired) electrons. The van der Waals surface area contributed by atoms with E-state index in [1.807, 2.05) is 0 Å². The Balaban J connectivity index is 1.71. The molecule has 0 fully saturated rings. The molecular weight excluding hydrogens is 379 g/mol. The van der Waals surface area contributed by atoms with Crippen molar-refractivity contribution in [3.05, 3.63) is 95.3 Å². The molecule has 0 saturated heterocycles. The molecule has 0 unspecified atom stereocenters. The Labute approximate surface area is 163 Å². The van der Waals surface area contributed by atoms with Crippen molar-refractivity contribution in [1.29, 1.82) is 0 Å². The number of halogens is 1. The summed E-state index contributed by atoms with van der Waals surface area (Å²) in [5.74, 6) is -0.756. The molecular formula is C21H19FN2O3S. The number of rotatable bonds is 6. The van der Waals surface area contributed by atoms with Gasteiger partial charge in [0.05, 0.1) is 10.6 Å². The molecule has 5 nitrogen and oxygen atoms in total. The second-order valence-corrected chi connectivity index (χ2v) is 7.90. The maximum Gasteiger partial charge on any atom is 0.261 e. The number of sulfonamides is 1. The number of hydrogen-bond acceptors (Lipinski definition) is 3. The molecule has 3 aromatic carbocycles. The summed E-state index contributed by atoms with van der Waals surface area (Å²) in [4.78, 5) is 12.5. The summed E-state index contributed by atoms with van der Waals surface area (Å²) < 4.78 is 41.0. The number of carbonyl (C=O) groups excluding carboxylic acids is 1. The Kier molecular flexibility index (Phi) is 5.75. The van der Waals surface area contributed by atoms with Gasteiger partial charge in [-0.3, -0.25) is 9.52 Å². The Morgan fingerprint density at radius 1 is 0.964 bits per heavy atom. The molecule has 0 saturated carbocycles. The highest BCUT2D eigenvalue weighted by atomic mass is 32.2. The fourth-order valence-electron chi connectivity index (χ4n) is 2.64. The second kappa shape index (κ2) is 8.22. The highest BCUT2D eigenvalue weighted by Gasteiger charge is 2.16. The first kappa shape index (κ1) is 19.6. The van der Waals surface area contributed by atoms with Crippen LogP contribution in [0.1, 0.15) is 21.5 Å². The largest absolute Gasteiger partial charge is 0.348 e. The Bertz CT molecular complexity index is 1100. The van der Waals surface area contributed by atoms with Crippen LogP contribution in [0.3, 0.4) is 0 Å². The van der Waals surface area contributed by atoms with Gasteiger partial charge in [0.15, 0.2) is 0 Å². The molecule has 0 aliphatic heterocycles. The van der Waals surface area contributed by atoms with Crippen molar-refractivity contribution in [3.8, 4) is 0 Å². The van der Waals surface area contributed by atoms with E-state index in [9.17, 15) is 17.6 Å². The zero-order valence-electron chi connectivity index (χ0n) is 15.1. The molecule has 28 heavy (non-hydrogen) atoms. The summed E-state index contributed by atoms with van der Waals surface area (Å²) in [6, 6.07) is 18.9.